The molecular formula is C8H16N2O2. The second-order valence-electron chi connectivity index (χ2n) is 3.19. The predicted octanol–water partition coefficient (Wildman–Crippen LogP) is 0.566. The summed E-state index contributed by atoms with van der Waals surface area (Å²) in [5, 5.41) is 0. The third-order valence-electron chi connectivity index (χ3n) is 2.31. The molecule has 1 fully saturated rings. The Hall–Kier alpha value is -0.770. The van der Waals surface area contributed by atoms with Crippen LogP contribution in [0.1, 0.15) is 19.8 Å². The first-order valence-electron chi connectivity index (χ1n) is 4.36. The zero-order chi connectivity index (χ0) is 8.97. The molecule has 0 saturated carbocycles. The lowest BCUT2D eigenvalue weighted by Crippen LogP contribution is -2.31. The van der Waals surface area contributed by atoms with E-state index in [1.807, 2.05) is 0 Å². The minimum absolute atomic E-state index is 0.416. The van der Waals surface area contributed by atoms with Crippen molar-refractivity contribution >= 4 is 6.09 Å². The highest BCUT2D eigenvalue weighted by Crippen LogP contribution is 2.15. The molecule has 1 saturated heterocycles. The van der Waals surface area contributed by atoms with Crippen molar-refractivity contribution in [3.63, 3.8) is 0 Å². The van der Waals surface area contributed by atoms with Gasteiger partial charge in [-0.15, -0.1) is 0 Å². The molecule has 4 heteroatoms. The van der Waals surface area contributed by atoms with Crippen molar-refractivity contribution in [1.29, 1.82) is 0 Å². The molecule has 1 unspecified atom stereocenters. The Bertz CT molecular complexity index is 161. The number of carbonyl (C=O) groups excluding carboxylic acids is 1. The fourth-order valence-corrected chi connectivity index (χ4v) is 1.59. The lowest BCUT2D eigenvalue weighted by atomic mass is 10.2. The molecule has 0 aromatic rings. The van der Waals surface area contributed by atoms with Gasteiger partial charge in [0.25, 0.3) is 0 Å². The van der Waals surface area contributed by atoms with Crippen molar-refractivity contribution in [2.24, 2.45) is 5.73 Å². The molecule has 0 aromatic heterocycles. The van der Waals surface area contributed by atoms with E-state index in [2.05, 4.69) is 16.6 Å². The van der Waals surface area contributed by atoms with E-state index in [1.165, 1.54) is 12.8 Å². The number of hydrogen-bond donors (Lipinski definition) is 1. The Labute approximate surface area is 72.7 Å². The van der Waals surface area contributed by atoms with Gasteiger partial charge in [-0.25, -0.2) is 4.79 Å². The summed E-state index contributed by atoms with van der Waals surface area (Å²) >= 11 is 0. The molecule has 0 aromatic carbocycles. The Balaban J connectivity index is 2.10. The van der Waals surface area contributed by atoms with E-state index in [1.54, 1.807) is 0 Å². The Morgan fingerprint density at radius 1 is 1.75 bits per heavy atom. The standard InChI is InChI=1S/C8H16N2O2/c1-7-3-2-4-10(7)5-6-12-8(9)11/h7H,2-6H2,1H3,(H2,9,11). The van der Waals surface area contributed by atoms with Gasteiger partial charge in [-0.1, -0.05) is 0 Å². The van der Waals surface area contributed by atoms with Crippen LogP contribution in [0.5, 0.6) is 0 Å². The van der Waals surface area contributed by atoms with Crippen molar-refractivity contribution < 1.29 is 9.53 Å². The van der Waals surface area contributed by atoms with E-state index < -0.39 is 6.09 Å². The Morgan fingerprint density at radius 3 is 3.00 bits per heavy atom. The molecule has 0 spiro atoms. The van der Waals surface area contributed by atoms with E-state index in [0.29, 0.717) is 12.6 Å². The molecule has 0 aliphatic carbocycles. The highest BCUT2D eigenvalue weighted by molar-refractivity contribution is 5.64. The number of amides is 1. The van der Waals surface area contributed by atoms with Crippen LogP contribution < -0.4 is 5.73 Å². The summed E-state index contributed by atoms with van der Waals surface area (Å²) in [6.07, 6.45) is 1.82. The summed E-state index contributed by atoms with van der Waals surface area (Å²) < 4.78 is 4.65. The average molecular weight is 172 g/mol. The number of primary amides is 1. The lowest BCUT2D eigenvalue weighted by Gasteiger charge is -2.19. The third kappa shape index (κ3) is 2.70. The highest BCUT2D eigenvalue weighted by Gasteiger charge is 2.19. The second-order valence-corrected chi connectivity index (χ2v) is 3.19. The molecule has 4 nitrogen and oxygen atoms in total. The van der Waals surface area contributed by atoms with Crippen LogP contribution in [0.3, 0.4) is 0 Å². The fraction of sp³-hybridized carbons (Fsp3) is 0.875. The normalized spacial score (nSPS) is 24.2. The molecule has 1 atom stereocenters. The molecule has 0 radical (unpaired) electrons. The smallest absolute Gasteiger partial charge is 0.404 e. The van der Waals surface area contributed by atoms with Crippen molar-refractivity contribution in [2.45, 2.75) is 25.8 Å². The molecule has 1 rings (SSSR count). The zero-order valence-electron chi connectivity index (χ0n) is 7.45. The van der Waals surface area contributed by atoms with Crippen molar-refractivity contribution in [2.75, 3.05) is 19.7 Å². The maximum atomic E-state index is 10.2. The van der Waals surface area contributed by atoms with Gasteiger partial charge < -0.3 is 10.5 Å². The monoisotopic (exact) mass is 172 g/mol. The summed E-state index contributed by atoms with van der Waals surface area (Å²) in [6, 6.07) is 0.626. The third-order valence-corrected chi connectivity index (χ3v) is 2.31. The van der Waals surface area contributed by atoms with Crippen LogP contribution in [0.2, 0.25) is 0 Å². The summed E-state index contributed by atoms with van der Waals surface area (Å²) in [7, 11) is 0. The van der Waals surface area contributed by atoms with Crippen LogP contribution in [0.15, 0.2) is 0 Å². The van der Waals surface area contributed by atoms with Gasteiger partial charge in [0, 0.05) is 12.6 Å². The van der Waals surface area contributed by atoms with Crippen molar-refractivity contribution in [3.05, 3.63) is 0 Å². The number of likely N-dealkylation sites (tertiary alicyclic amines) is 1. The Morgan fingerprint density at radius 2 is 2.50 bits per heavy atom. The minimum atomic E-state index is -0.679. The second kappa shape index (κ2) is 4.30. The Kier molecular flexibility index (Phi) is 3.34. The first kappa shape index (κ1) is 9.32. The molecular weight excluding hydrogens is 156 g/mol. The largest absolute Gasteiger partial charge is 0.448 e. The molecule has 1 amide bonds. The fourth-order valence-electron chi connectivity index (χ4n) is 1.59. The molecule has 1 aliphatic rings. The SMILES string of the molecule is CC1CCCN1CCOC(N)=O. The van der Waals surface area contributed by atoms with Gasteiger partial charge in [0.1, 0.15) is 6.61 Å². The van der Waals surface area contributed by atoms with Gasteiger partial charge in [-0.2, -0.15) is 0 Å². The van der Waals surface area contributed by atoms with E-state index in [0.717, 1.165) is 13.1 Å². The van der Waals surface area contributed by atoms with Crippen LogP contribution in [0, 0.1) is 0 Å². The molecule has 1 heterocycles. The van der Waals surface area contributed by atoms with Crippen LogP contribution in [0.4, 0.5) is 4.79 Å². The zero-order valence-corrected chi connectivity index (χ0v) is 7.45. The number of nitrogens with two attached hydrogens (primary N) is 1. The van der Waals surface area contributed by atoms with E-state index in [9.17, 15) is 4.79 Å². The van der Waals surface area contributed by atoms with Crippen LogP contribution in [-0.2, 0) is 4.74 Å². The van der Waals surface area contributed by atoms with E-state index in [-0.39, 0.29) is 0 Å². The molecule has 2 N–H and O–H groups in total. The first-order chi connectivity index (χ1) is 5.70. The van der Waals surface area contributed by atoms with Crippen LogP contribution in [-0.4, -0.2) is 36.7 Å². The lowest BCUT2D eigenvalue weighted by molar-refractivity contribution is 0.134. The van der Waals surface area contributed by atoms with Crippen LogP contribution >= 0.6 is 0 Å². The maximum absolute atomic E-state index is 10.2. The van der Waals surface area contributed by atoms with Crippen LogP contribution in [0.25, 0.3) is 0 Å². The molecule has 12 heavy (non-hydrogen) atoms. The topological polar surface area (TPSA) is 55.6 Å². The van der Waals surface area contributed by atoms with Crippen molar-refractivity contribution in [1.82, 2.24) is 4.90 Å². The van der Waals surface area contributed by atoms with Gasteiger partial charge in [-0.3, -0.25) is 4.90 Å². The van der Waals surface area contributed by atoms with Gasteiger partial charge in [0.2, 0.25) is 0 Å². The maximum Gasteiger partial charge on any atom is 0.404 e. The van der Waals surface area contributed by atoms with Crippen molar-refractivity contribution in [3.8, 4) is 0 Å². The quantitative estimate of drug-likeness (QED) is 0.677. The minimum Gasteiger partial charge on any atom is -0.448 e. The summed E-state index contributed by atoms with van der Waals surface area (Å²) in [5.41, 5.74) is 4.83. The molecule has 70 valence electrons. The summed E-state index contributed by atoms with van der Waals surface area (Å²) in [6.45, 7) is 4.53. The first-order valence-corrected chi connectivity index (χ1v) is 4.36. The van der Waals surface area contributed by atoms with Gasteiger partial charge in [-0.05, 0) is 26.3 Å². The van der Waals surface area contributed by atoms with Gasteiger partial charge in [0.15, 0.2) is 0 Å². The van der Waals surface area contributed by atoms with E-state index >= 15 is 0 Å². The van der Waals surface area contributed by atoms with Gasteiger partial charge >= 0.3 is 6.09 Å². The number of hydrogen-bond acceptors (Lipinski definition) is 3. The number of carbonyl (C=O) groups is 1. The number of rotatable bonds is 3. The number of nitrogens with zero attached hydrogens (tertiary/aromatic N) is 1. The molecule has 0 bridgehead atoms. The predicted molar refractivity (Wildman–Crippen MR) is 45.8 cm³/mol. The van der Waals surface area contributed by atoms with Gasteiger partial charge in [0.05, 0.1) is 0 Å². The molecule has 1 aliphatic heterocycles. The van der Waals surface area contributed by atoms with E-state index in [4.69, 9.17) is 5.73 Å². The number of ether oxygens (including phenoxy) is 1. The average Bonchev–Trinajstić information content (AvgIpc) is 2.36. The summed E-state index contributed by atoms with van der Waals surface area (Å²) in [5.74, 6) is 0. The highest BCUT2D eigenvalue weighted by atomic mass is 16.5. The summed E-state index contributed by atoms with van der Waals surface area (Å²) in [4.78, 5) is 12.5.